The van der Waals surface area contributed by atoms with Crippen LogP contribution in [0.15, 0.2) is 30.3 Å². The average molecular weight is 347 g/mol. The summed E-state index contributed by atoms with van der Waals surface area (Å²) >= 11 is 0. The number of aliphatic hydroxyl groups is 1. The van der Waals surface area contributed by atoms with Gasteiger partial charge in [0, 0.05) is 44.4 Å². The van der Waals surface area contributed by atoms with Crippen LogP contribution in [0.3, 0.4) is 0 Å². The summed E-state index contributed by atoms with van der Waals surface area (Å²) in [5.74, 6) is 1.65. The van der Waals surface area contributed by atoms with Crippen molar-refractivity contribution in [2.24, 2.45) is 5.92 Å². The van der Waals surface area contributed by atoms with Crippen LogP contribution in [0.1, 0.15) is 32.3 Å². The minimum Gasteiger partial charge on any atom is -0.496 e. The zero-order valence-electron chi connectivity index (χ0n) is 16.0. The van der Waals surface area contributed by atoms with Gasteiger partial charge in [0.25, 0.3) is 0 Å². The van der Waals surface area contributed by atoms with Crippen molar-refractivity contribution < 1.29 is 9.84 Å². The van der Waals surface area contributed by atoms with E-state index in [0.717, 1.165) is 56.4 Å². The molecule has 0 bridgehead atoms. The second kappa shape index (κ2) is 10.6. The molecule has 0 spiro atoms. The first-order valence-corrected chi connectivity index (χ1v) is 9.50. The fourth-order valence-corrected chi connectivity index (χ4v) is 3.40. The Balaban J connectivity index is 1.88. The first-order valence-electron chi connectivity index (χ1n) is 9.50. The quantitative estimate of drug-likeness (QED) is 0.745. The van der Waals surface area contributed by atoms with E-state index in [2.05, 4.69) is 41.9 Å². The van der Waals surface area contributed by atoms with Gasteiger partial charge in [0.05, 0.1) is 7.11 Å². The summed E-state index contributed by atoms with van der Waals surface area (Å²) in [5, 5.41) is 9.41. The SMILES string of the molecule is COc1ccccc1/C=C/CN1CCN(CCC(C)C)[C@@H](CCO)C1. The van der Waals surface area contributed by atoms with Crippen molar-refractivity contribution in [2.45, 2.75) is 32.7 Å². The Morgan fingerprint density at radius 2 is 2.08 bits per heavy atom. The Labute approximate surface area is 153 Å². The molecular weight excluding hydrogens is 312 g/mol. The van der Waals surface area contributed by atoms with E-state index >= 15 is 0 Å². The van der Waals surface area contributed by atoms with Gasteiger partial charge in [0.2, 0.25) is 0 Å². The lowest BCUT2D eigenvalue weighted by atomic mass is 10.1. The monoisotopic (exact) mass is 346 g/mol. The Morgan fingerprint density at radius 1 is 1.28 bits per heavy atom. The third-order valence-electron chi connectivity index (χ3n) is 4.94. The second-order valence-corrected chi connectivity index (χ2v) is 7.29. The smallest absolute Gasteiger partial charge is 0.126 e. The Bertz CT molecular complexity index is 530. The van der Waals surface area contributed by atoms with Crippen molar-refractivity contribution in [1.82, 2.24) is 9.80 Å². The highest BCUT2D eigenvalue weighted by Gasteiger charge is 2.25. The summed E-state index contributed by atoms with van der Waals surface area (Å²) in [4.78, 5) is 5.05. The summed E-state index contributed by atoms with van der Waals surface area (Å²) in [5.41, 5.74) is 1.12. The van der Waals surface area contributed by atoms with Crippen molar-refractivity contribution in [2.75, 3.05) is 46.4 Å². The fourth-order valence-electron chi connectivity index (χ4n) is 3.40. The van der Waals surface area contributed by atoms with Crippen molar-refractivity contribution in [3.63, 3.8) is 0 Å². The van der Waals surface area contributed by atoms with Crippen molar-refractivity contribution in [1.29, 1.82) is 0 Å². The molecule has 0 radical (unpaired) electrons. The number of methoxy groups -OCH3 is 1. The molecular formula is C21H34N2O2. The Kier molecular flexibility index (Phi) is 8.45. The van der Waals surface area contributed by atoms with Crippen molar-refractivity contribution in [3.05, 3.63) is 35.9 Å². The van der Waals surface area contributed by atoms with E-state index in [0.29, 0.717) is 6.04 Å². The molecule has 1 atom stereocenters. The van der Waals surface area contributed by atoms with Crippen LogP contribution in [0.2, 0.25) is 0 Å². The molecule has 2 rings (SSSR count). The third kappa shape index (κ3) is 6.46. The van der Waals surface area contributed by atoms with Crippen LogP contribution in [-0.4, -0.2) is 67.4 Å². The summed E-state index contributed by atoms with van der Waals surface area (Å²) < 4.78 is 5.40. The maximum Gasteiger partial charge on any atom is 0.126 e. The van der Waals surface area contributed by atoms with Crippen LogP contribution >= 0.6 is 0 Å². The molecule has 0 aromatic heterocycles. The number of rotatable bonds is 9. The van der Waals surface area contributed by atoms with Gasteiger partial charge in [-0.1, -0.05) is 44.2 Å². The van der Waals surface area contributed by atoms with E-state index in [9.17, 15) is 5.11 Å². The molecule has 1 aromatic carbocycles. The number of hydrogen-bond donors (Lipinski definition) is 1. The molecule has 140 valence electrons. The van der Waals surface area contributed by atoms with Gasteiger partial charge in [-0.3, -0.25) is 9.80 Å². The lowest BCUT2D eigenvalue weighted by molar-refractivity contribution is 0.0621. The van der Waals surface area contributed by atoms with Crippen LogP contribution in [0, 0.1) is 5.92 Å². The molecule has 4 nitrogen and oxygen atoms in total. The zero-order valence-corrected chi connectivity index (χ0v) is 16.0. The molecule has 1 aromatic rings. The summed E-state index contributed by atoms with van der Waals surface area (Å²) in [6, 6.07) is 8.56. The molecule has 0 unspecified atom stereocenters. The van der Waals surface area contributed by atoms with Gasteiger partial charge in [0.15, 0.2) is 0 Å². The molecule has 1 heterocycles. The van der Waals surface area contributed by atoms with Crippen LogP contribution in [0.25, 0.3) is 6.08 Å². The number of aliphatic hydroxyl groups excluding tert-OH is 1. The number of hydrogen-bond acceptors (Lipinski definition) is 4. The molecule has 1 aliphatic heterocycles. The predicted molar refractivity (Wildman–Crippen MR) is 105 cm³/mol. The van der Waals surface area contributed by atoms with E-state index < -0.39 is 0 Å². The van der Waals surface area contributed by atoms with Gasteiger partial charge < -0.3 is 9.84 Å². The zero-order chi connectivity index (χ0) is 18.1. The maximum atomic E-state index is 9.41. The number of benzene rings is 1. The van der Waals surface area contributed by atoms with Crippen LogP contribution in [0.5, 0.6) is 5.75 Å². The van der Waals surface area contributed by atoms with E-state index in [4.69, 9.17) is 4.74 Å². The fraction of sp³-hybridized carbons (Fsp3) is 0.619. The minimum atomic E-state index is 0.272. The topological polar surface area (TPSA) is 35.9 Å². The van der Waals surface area contributed by atoms with Gasteiger partial charge in [-0.05, 0) is 31.4 Å². The molecule has 0 amide bonds. The Morgan fingerprint density at radius 3 is 2.80 bits per heavy atom. The summed E-state index contributed by atoms with van der Waals surface area (Å²) in [7, 11) is 1.71. The average Bonchev–Trinajstić information content (AvgIpc) is 2.61. The molecule has 1 fully saturated rings. The molecule has 1 aliphatic rings. The lowest BCUT2D eigenvalue weighted by Crippen LogP contribution is -2.53. The molecule has 0 saturated carbocycles. The van der Waals surface area contributed by atoms with E-state index in [1.807, 2.05) is 18.2 Å². The maximum absolute atomic E-state index is 9.41. The first kappa shape index (κ1) is 20.0. The largest absolute Gasteiger partial charge is 0.496 e. The Hall–Kier alpha value is -1.36. The number of nitrogens with zero attached hydrogens (tertiary/aromatic N) is 2. The van der Waals surface area contributed by atoms with Crippen molar-refractivity contribution >= 4 is 6.08 Å². The summed E-state index contributed by atoms with van der Waals surface area (Å²) in [6.07, 6.45) is 6.46. The highest BCUT2D eigenvalue weighted by Crippen LogP contribution is 2.19. The summed E-state index contributed by atoms with van der Waals surface area (Å²) in [6.45, 7) is 10.1. The van der Waals surface area contributed by atoms with Gasteiger partial charge in [-0.15, -0.1) is 0 Å². The standard InChI is InChI=1S/C21H34N2O2/c1-18(2)10-13-23-15-14-22(17-20(23)11-16-24)12-6-8-19-7-4-5-9-21(19)25-3/h4-9,18,20,24H,10-17H2,1-3H3/b8-6+/t20-/m0/s1. The minimum absolute atomic E-state index is 0.272. The second-order valence-electron chi connectivity index (χ2n) is 7.29. The van der Waals surface area contributed by atoms with Crippen molar-refractivity contribution in [3.8, 4) is 5.75 Å². The van der Waals surface area contributed by atoms with Crippen LogP contribution in [-0.2, 0) is 0 Å². The van der Waals surface area contributed by atoms with Crippen LogP contribution < -0.4 is 4.74 Å². The third-order valence-corrected chi connectivity index (χ3v) is 4.94. The molecule has 25 heavy (non-hydrogen) atoms. The van der Waals surface area contributed by atoms with E-state index in [-0.39, 0.29) is 6.61 Å². The van der Waals surface area contributed by atoms with Gasteiger partial charge in [-0.25, -0.2) is 0 Å². The molecule has 1 saturated heterocycles. The van der Waals surface area contributed by atoms with Gasteiger partial charge in [0.1, 0.15) is 5.75 Å². The van der Waals surface area contributed by atoms with Gasteiger partial charge >= 0.3 is 0 Å². The highest BCUT2D eigenvalue weighted by atomic mass is 16.5. The van der Waals surface area contributed by atoms with E-state index in [1.165, 1.54) is 6.42 Å². The van der Waals surface area contributed by atoms with Crippen LogP contribution in [0.4, 0.5) is 0 Å². The van der Waals surface area contributed by atoms with Gasteiger partial charge in [-0.2, -0.15) is 0 Å². The molecule has 0 aliphatic carbocycles. The normalized spacial score (nSPS) is 19.8. The highest BCUT2D eigenvalue weighted by molar-refractivity contribution is 5.57. The predicted octanol–water partition coefficient (Wildman–Crippen LogP) is 3.12. The molecule has 1 N–H and O–H groups in total. The molecule has 4 heteroatoms. The first-order chi connectivity index (χ1) is 12.1. The number of piperazine rings is 1. The lowest BCUT2D eigenvalue weighted by Gasteiger charge is -2.41. The van der Waals surface area contributed by atoms with E-state index in [1.54, 1.807) is 7.11 Å². The number of para-hydroxylation sites is 1. The number of ether oxygens (including phenoxy) is 1.